The fourth-order valence-corrected chi connectivity index (χ4v) is 3.20. The van der Waals surface area contributed by atoms with Crippen LogP contribution in [0.2, 0.25) is 0 Å². The zero-order chi connectivity index (χ0) is 11.8. The van der Waals surface area contributed by atoms with Gasteiger partial charge in [0, 0.05) is 0 Å². The molecule has 6 heteroatoms. The first-order valence-electron chi connectivity index (χ1n) is 5.46. The summed E-state index contributed by atoms with van der Waals surface area (Å²) >= 11 is 1.84. The van der Waals surface area contributed by atoms with Crippen molar-refractivity contribution >= 4 is 23.4 Å². The van der Waals surface area contributed by atoms with Gasteiger partial charge in [-0.15, -0.1) is 5.10 Å². The molecule has 1 aliphatic rings. The summed E-state index contributed by atoms with van der Waals surface area (Å²) in [5.74, 6) is 0.902. The van der Waals surface area contributed by atoms with Gasteiger partial charge in [-0.25, -0.2) is 14.3 Å². The molecule has 1 fully saturated rings. The number of aromatic nitrogens is 3. The minimum Gasteiger partial charge on any atom is -0.477 e. The van der Waals surface area contributed by atoms with Gasteiger partial charge in [0.1, 0.15) is 0 Å². The quantitative estimate of drug-likeness (QED) is 0.881. The van der Waals surface area contributed by atoms with Gasteiger partial charge in [0.2, 0.25) is 0 Å². The zero-order valence-corrected chi connectivity index (χ0v) is 9.85. The number of pyridine rings is 1. The molecule has 0 aliphatic carbocycles. The van der Waals surface area contributed by atoms with Gasteiger partial charge in [-0.1, -0.05) is 6.07 Å². The molecular formula is C11H11N3O2S. The number of carboxylic acid groups (broad SMARTS) is 1. The van der Waals surface area contributed by atoms with Crippen LogP contribution in [0.25, 0.3) is 5.65 Å². The van der Waals surface area contributed by atoms with Crippen molar-refractivity contribution in [1.82, 2.24) is 14.6 Å². The standard InChI is InChI=1S/C11H11N3O2S/c15-11(16)7-3-1-5-9-12-10(13-14(7)9)8-4-2-6-17-8/h1,3,5,8H,2,4,6H2,(H,15,16). The van der Waals surface area contributed by atoms with Crippen molar-refractivity contribution in [1.29, 1.82) is 0 Å². The summed E-state index contributed by atoms with van der Waals surface area (Å²) in [7, 11) is 0. The van der Waals surface area contributed by atoms with E-state index in [-0.39, 0.29) is 5.69 Å². The van der Waals surface area contributed by atoms with E-state index in [1.807, 2.05) is 11.8 Å². The highest BCUT2D eigenvalue weighted by Crippen LogP contribution is 2.38. The molecule has 0 spiro atoms. The molecule has 1 atom stereocenters. The predicted molar refractivity (Wildman–Crippen MR) is 64.4 cm³/mol. The molecule has 17 heavy (non-hydrogen) atoms. The van der Waals surface area contributed by atoms with Crippen LogP contribution in [0.1, 0.15) is 34.4 Å². The molecule has 0 radical (unpaired) electrons. The Balaban J connectivity index is 2.11. The summed E-state index contributed by atoms with van der Waals surface area (Å²) in [6, 6.07) is 5.01. The Hall–Kier alpha value is -1.56. The van der Waals surface area contributed by atoms with E-state index < -0.39 is 5.97 Å². The summed E-state index contributed by atoms with van der Waals surface area (Å²) < 4.78 is 1.41. The number of nitrogens with zero attached hydrogens (tertiary/aromatic N) is 3. The maximum absolute atomic E-state index is 11.1. The van der Waals surface area contributed by atoms with Crippen LogP contribution in [0.4, 0.5) is 0 Å². The van der Waals surface area contributed by atoms with Gasteiger partial charge < -0.3 is 5.11 Å². The van der Waals surface area contributed by atoms with Crippen molar-refractivity contribution in [2.75, 3.05) is 5.75 Å². The normalized spacial score (nSPS) is 19.9. The van der Waals surface area contributed by atoms with Crippen molar-refractivity contribution in [3.63, 3.8) is 0 Å². The molecule has 88 valence electrons. The Morgan fingerprint density at radius 1 is 1.53 bits per heavy atom. The summed E-state index contributed by atoms with van der Waals surface area (Å²) in [4.78, 5) is 15.5. The Morgan fingerprint density at radius 3 is 3.12 bits per heavy atom. The van der Waals surface area contributed by atoms with Crippen molar-refractivity contribution in [3.8, 4) is 0 Å². The molecule has 1 saturated heterocycles. The van der Waals surface area contributed by atoms with E-state index in [1.54, 1.807) is 12.1 Å². The molecule has 0 bridgehead atoms. The van der Waals surface area contributed by atoms with Crippen LogP contribution in [0.15, 0.2) is 18.2 Å². The van der Waals surface area contributed by atoms with E-state index in [2.05, 4.69) is 10.1 Å². The Labute approximate surface area is 102 Å². The number of carbonyl (C=O) groups is 1. The molecule has 2 aromatic rings. The molecular weight excluding hydrogens is 238 g/mol. The largest absolute Gasteiger partial charge is 0.477 e. The molecule has 0 amide bonds. The lowest BCUT2D eigenvalue weighted by Crippen LogP contribution is -2.06. The third-order valence-corrected chi connectivity index (χ3v) is 4.19. The number of fused-ring (bicyclic) bond motifs is 1. The lowest BCUT2D eigenvalue weighted by Gasteiger charge is -2.00. The molecule has 3 heterocycles. The Bertz CT molecular complexity index is 575. The van der Waals surface area contributed by atoms with Gasteiger partial charge in [0.15, 0.2) is 17.2 Å². The van der Waals surface area contributed by atoms with Gasteiger partial charge in [-0.05, 0) is 30.7 Å². The first-order chi connectivity index (χ1) is 8.25. The van der Waals surface area contributed by atoms with Gasteiger partial charge in [0.05, 0.1) is 5.25 Å². The number of thioether (sulfide) groups is 1. The highest BCUT2D eigenvalue weighted by atomic mass is 32.2. The lowest BCUT2D eigenvalue weighted by atomic mass is 10.2. The van der Waals surface area contributed by atoms with E-state index in [0.717, 1.165) is 18.0 Å². The predicted octanol–water partition coefficient (Wildman–Crippen LogP) is 2.00. The monoisotopic (exact) mass is 249 g/mol. The van der Waals surface area contributed by atoms with Crippen LogP contribution in [0.5, 0.6) is 0 Å². The van der Waals surface area contributed by atoms with Crippen molar-refractivity contribution in [3.05, 3.63) is 29.7 Å². The Morgan fingerprint density at radius 2 is 2.41 bits per heavy atom. The second-order valence-electron chi connectivity index (χ2n) is 3.96. The molecule has 0 aromatic carbocycles. The second-order valence-corrected chi connectivity index (χ2v) is 5.27. The van der Waals surface area contributed by atoms with Gasteiger partial charge in [0.25, 0.3) is 0 Å². The lowest BCUT2D eigenvalue weighted by molar-refractivity contribution is 0.0687. The number of hydrogen-bond donors (Lipinski definition) is 1. The van der Waals surface area contributed by atoms with Crippen molar-refractivity contribution in [2.24, 2.45) is 0 Å². The average Bonchev–Trinajstić information content (AvgIpc) is 2.96. The van der Waals surface area contributed by atoms with Crippen LogP contribution in [0.3, 0.4) is 0 Å². The van der Waals surface area contributed by atoms with E-state index in [9.17, 15) is 4.79 Å². The molecule has 0 saturated carbocycles. The summed E-state index contributed by atoms with van der Waals surface area (Å²) in [6.45, 7) is 0. The molecule has 1 unspecified atom stereocenters. The average molecular weight is 249 g/mol. The van der Waals surface area contributed by atoms with E-state index in [4.69, 9.17) is 5.11 Å². The highest BCUT2D eigenvalue weighted by Gasteiger charge is 2.23. The maximum atomic E-state index is 11.1. The summed E-state index contributed by atoms with van der Waals surface area (Å²) in [5, 5.41) is 13.7. The number of hydrogen-bond acceptors (Lipinski definition) is 4. The number of rotatable bonds is 2. The minimum absolute atomic E-state index is 0.157. The van der Waals surface area contributed by atoms with Gasteiger partial charge in [-0.2, -0.15) is 11.8 Å². The molecule has 1 aliphatic heterocycles. The van der Waals surface area contributed by atoms with Gasteiger partial charge in [-0.3, -0.25) is 0 Å². The maximum Gasteiger partial charge on any atom is 0.354 e. The zero-order valence-electron chi connectivity index (χ0n) is 9.04. The van der Waals surface area contributed by atoms with Crippen LogP contribution in [-0.2, 0) is 0 Å². The second kappa shape index (κ2) is 4.03. The first-order valence-corrected chi connectivity index (χ1v) is 6.51. The first kappa shape index (κ1) is 10.6. The highest BCUT2D eigenvalue weighted by molar-refractivity contribution is 7.99. The van der Waals surface area contributed by atoms with Crippen molar-refractivity contribution < 1.29 is 9.90 Å². The Kier molecular flexibility index (Phi) is 2.51. The van der Waals surface area contributed by atoms with Crippen molar-refractivity contribution in [2.45, 2.75) is 18.1 Å². The van der Waals surface area contributed by atoms with Crippen LogP contribution >= 0.6 is 11.8 Å². The smallest absolute Gasteiger partial charge is 0.354 e. The topological polar surface area (TPSA) is 67.5 Å². The number of aromatic carboxylic acids is 1. The van der Waals surface area contributed by atoms with E-state index >= 15 is 0 Å². The third kappa shape index (κ3) is 1.78. The number of carboxylic acids is 1. The fourth-order valence-electron chi connectivity index (χ4n) is 2.00. The van der Waals surface area contributed by atoms with Crippen LogP contribution < -0.4 is 0 Å². The van der Waals surface area contributed by atoms with Gasteiger partial charge >= 0.3 is 5.97 Å². The third-order valence-electron chi connectivity index (χ3n) is 2.81. The molecule has 5 nitrogen and oxygen atoms in total. The summed E-state index contributed by atoms with van der Waals surface area (Å²) in [6.07, 6.45) is 2.25. The molecule has 2 aromatic heterocycles. The van der Waals surface area contributed by atoms with Crippen LogP contribution in [0, 0.1) is 0 Å². The van der Waals surface area contributed by atoms with E-state index in [0.29, 0.717) is 10.9 Å². The minimum atomic E-state index is -0.980. The fraction of sp³-hybridized carbons (Fsp3) is 0.364. The molecule has 1 N–H and O–H groups in total. The van der Waals surface area contributed by atoms with E-state index in [1.165, 1.54) is 17.0 Å². The molecule has 3 rings (SSSR count). The summed E-state index contributed by atoms with van der Waals surface area (Å²) in [5.41, 5.74) is 0.761. The SMILES string of the molecule is O=C(O)c1cccc2nc(C3CCCS3)nn12. The van der Waals surface area contributed by atoms with Crippen LogP contribution in [-0.4, -0.2) is 31.4 Å².